The average Bonchev–Trinajstić information content (AvgIpc) is 3.46. The van der Waals surface area contributed by atoms with Crippen LogP contribution in [0, 0.1) is 11.6 Å². The lowest BCUT2D eigenvalue weighted by Gasteiger charge is -2.19. The molecule has 8 nitrogen and oxygen atoms in total. The molecule has 1 aliphatic heterocycles. The van der Waals surface area contributed by atoms with Crippen LogP contribution in [0.25, 0.3) is 11.3 Å². The summed E-state index contributed by atoms with van der Waals surface area (Å²) in [5.74, 6) is -2.80. The van der Waals surface area contributed by atoms with E-state index in [-0.39, 0.29) is 36.0 Å². The van der Waals surface area contributed by atoms with E-state index in [2.05, 4.69) is 10.3 Å². The van der Waals surface area contributed by atoms with Crippen molar-refractivity contribution in [1.82, 2.24) is 4.98 Å². The van der Waals surface area contributed by atoms with Crippen molar-refractivity contribution in [1.29, 1.82) is 0 Å². The van der Waals surface area contributed by atoms with Crippen molar-refractivity contribution in [2.24, 2.45) is 0 Å². The summed E-state index contributed by atoms with van der Waals surface area (Å²) in [6.45, 7) is 0.0607. The first-order valence-electron chi connectivity index (χ1n) is 10.7. The molecule has 2 amide bonds. The third kappa shape index (κ3) is 5.28. The molecule has 34 heavy (non-hydrogen) atoms. The molecule has 0 saturated carbocycles. The number of carbonyl (C=O) groups is 3. The number of hydrogen-bond acceptors (Lipinski definition) is 6. The van der Waals surface area contributed by atoms with Gasteiger partial charge in [-0.15, -0.1) is 0 Å². The Morgan fingerprint density at radius 3 is 2.62 bits per heavy atom. The van der Waals surface area contributed by atoms with Crippen LogP contribution in [0.15, 0.2) is 53.1 Å². The van der Waals surface area contributed by atoms with Crippen LogP contribution < -0.4 is 10.2 Å². The maximum Gasteiger partial charge on any atom is 0.306 e. The molecule has 0 bridgehead atoms. The molecular weight excluding hydrogens is 448 g/mol. The molecule has 4 rings (SSSR count). The maximum atomic E-state index is 13.9. The number of carbonyl (C=O) groups excluding carboxylic acids is 3. The van der Waals surface area contributed by atoms with Crippen LogP contribution in [-0.2, 0) is 25.5 Å². The molecule has 0 aliphatic carbocycles. The van der Waals surface area contributed by atoms with E-state index in [9.17, 15) is 23.2 Å². The van der Waals surface area contributed by atoms with Crippen molar-refractivity contribution < 1.29 is 32.3 Å². The van der Waals surface area contributed by atoms with Crippen molar-refractivity contribution >= 4 is 29.2 Å². The fourth-order valence-corrected chi connectivity index (χ4v) is 3.61. The highest BCUT2D eigenvalue weighted by Gasteiger charge is 2.24. The second kappa shape index (κ2) is 10.2. The quantitative estimate of drug-likeness (QED) is 0.503. The monoisotopic (exact) mass is 469 g/mol. The van der Waals surface area contributed by atoms with Crippen LogP contribution in [0.1, 0.15) is 25.2 Å². The summed E-state index contributed by atoms with van der Waals surface area (Å²) in [6, 6.07) is 10.3. The number of esters is 1. The zero-order valence-electron chi connectivity index (χ0n) is 18.1. The molecule has 1 aromatic heterocycles. The number of ether oxygens (including phenoxy) is 1. The molecule has 10 heteroatoms. The average molecular weight is 469 g/mol. The minimum absolute atomic E-state index is 0.0134. The van der Waals surface area contributed by atoms with Crippen molar-refractivity contribution in [2.45, 2.75) is 25.7 Å². The van der Waals surface area contributed by atoms with E-state index < -0.39 is 30.1 Å². The first-order chi connectivity index (χ1) is 16.4. The standard InChI is InChI=1S/C24H21F2N3O5/c25-15-5-3-6-16(26)24(15)19-13-27-21(34-19)10-11-23(32)33-14-20(30)28-17-7-1-2-8-18(17)29-12-4-9-22(29)31/h1-3,5-8,13H,4,9-12,14H2,(H,28,30). The molecule has 1 aliphatic rings. The van der Waals surface area contributed by atoms with Gasteiger partial charge in [0, 0.05) is 19.4 Å². The fraction of sp³-hybridized carbons (Fsp3) is 0.250. The molecule has 0 radical (unpaired) electrons. The minimum Gasteiger partial charge on any atom is -0.456 e. The highest BCUT2D eigenvalue weighted by molar-refractivity contribution is 6.02. The van der Waals surface area contributed by atoms with E-state index in [1.165, 1.54) is 12.3 Å². The van der Waals surface area contributed by atoms with Crippen LogP contribution in [0.2, 0.25) is 0 Å². The van der Waals surface area contributed by atoms with Crippen LogP contribution in [0.4, 0.5) is 20.2 Å². The van der Waals surface area contributed by atoms with Gasteiger partial charge in [-0.1, -0.05) is 18.2 Å². The van der Waals surface area contributed by atoms with E-state index in [0.717, 1.165) is 18.6 Å². The van der Waals surface area contributed by atoms with Gasteiger partial charge in [0.2, 0.25) is 5.91 Å². The minimum atomic E-state index is -0.788. The number of amides is 2. The zero-order valence-corrected chi connectivity index (χ0v) is 18.1. The SMILES string of the molecule is O=C(COC(=O)CCc1ncc(-c2c(F)cccc2F)o1)Nc1ccccc1N1CCCC1=O. The predicted octanol–water partition coefficient (Wildman–Crippen LogP) is 3.86. The lowest BCUT2D eigenvalue weighted by atomic mass is 10.1. The fourth-order valence-electron chi connectivity index (χ4n) is 3.61. The van der Waals surface area contributed by atoms with Gasteiger partial charge in [0.25, 0.3) is 5.91 Å². The Kier molecular flexibility index (Phi) is 6.95. The van der Waals surface area contributed by atoms with Crippen molar-refractivity contribution in [3.8, 4) is 11.3 Å². The first-order valence-corrected chi connectivity index (χ1v) is 10.7. The summed E-state index contributed by atoms with van der Waals surface area (Å²) in [4.78, 5) is 41.9. The van der Waals surface area contributed by atoms with Gasteiger partial charge in [-0.3, -0.25) is 14.4 Å². The number of benzene rings is 2. The van der Waals surface area contributed by atoms with Crippen molar-refractivity contribution in [3.05, 3.63) is 66.2 Å². The number of hydrogen-bond donors (Lipinski definition) is 1. The van der Waals surface area contributed by atoms with Gasteiger partial charge in [0.05, 0.1) is 29.6 Å². The van der Waals surface area contributed by atoms with Crippen molar-refractivity contribution in [3.63, 3.8) is 0 Å². The third-order valence-electron chi connectivity index (χ3n) is 5.21. The number of oxazole rings is 1. The van der Waals surface area contributed by atoms with Crippen LogP contribution in [0.5, 0.6) is 0 Å². The molecule has 0 spiro atoms. The highest BCUT2D eigenvalue weighted by atomic mass is 19.1. The summed E-state index contributed by atoms with van der Waals surface area (Å²) in [5, 5.41) is 2.66. The van der Waals surface area contributed by atoms with Gasteiger partial charge >= 0.3 is 5.97 Å². The Labute approximate surface area is 193 Å². The largest absolute Gasteiger partial charge is 0.456 e. The number of nitrogens with zero attached hydrogens (tertiary/aromatic N) is 2. The van der Waals surface area contributed by atoms with Crippen LogP contribution in [-0.4, -0.2) is 35.9 Å². The lowest BCUT2D eigenvalue weighted by Crippen LogP contribution is -2.27. The summed E-state index contributed by atoms with van der Waals surface area (Å²) in [6.07, 6.45) is 2.27. The van der Waals surface area contributed by atoms with E-state index >= 15 is 0 Å². The van der Waals surface area contributed by atoms with Gasteiger partial charge in [-0.25, -0.2) is 13.8 Å². The zero-order chi connectivity index (χ0) is 24.1. The van der Waals surface area contributed by atoms with Gasteiger partial charge < -0.3 is 19.4 Å². The topological polar surface area (TPSA) is 102 Å². The van der Waals surface area contributed by atoms with Gasteiger partial charge in [-0.2, -0.15) is 0 Å². The second-order valence-electron chi connectivity index (χ2n) is 7.59. The number of rotatable bonds is 8. The number of aromatic nitrogens is 1. The third-order valence-corrected chi connectivity index (χ3v) is 5.21. The summed E-state index contributed by atoms with van der Waals surface area (Å²) in [5.41, 5.74) is 0.707. The molecule has 2 aromatic carbocycles. The highest BCUT2D eigenvalue weighted by Crippen LogP contribution is 2.29. The molecule has 2 heterocycles. The molecule has 0 atom stereocenters. The Morgan fingerprint density at radius 2 is 1.88 bits per heavy atom. The summed E-state index contributed by atoms with van der Waals surface area (Å²) in [7, 11) is 0. The van der Waals surface area contributed by atoms with E-state index in [0.29, 0.717) is 24.3 Å². The Morgan fingerprint density at radius 1 is 1.12 bits per heavy atom. The second-order valence-corrected chi connectivity index (χ2v) is 7.59. The van der Waals surface area contributed by atoms with Crippen LogP contribution >= 0.6 is 0 Å². The molecule has 1 saturated heterocycles. The molecule has 0 unspecified atom stereocenters. The van der Waals surface area contributed by atoms with Gasteiger partial charge in [-0.05, 0) is 30.7 Å². The first kappa shape index (κ1) is 23.1. The molecule has 1 fully saturated rings. The summed E-state index contributed by atoms with van der Waals surface area (Å²) >= 11 is 0. The van der Waals surface area contributed by atoms with Gasteiger partial charge in [0.1, 0.15) is 11.6 Å². The maximum absolute atomic E-state index is 13.9. The smallest absolute Gasteiger partial charge is 0.306 e. The normalized spacial score (nSPS) is 13.2. The van der Waals surface area contributed by atoms with Gasteiger partial charge in [0.15, 0.2) is 18.3 Å². The molecule has 3 aromatic rings. The Balaban J connectivity index is 1.27. The van der Waals surface area contributed by atoms with E-state index in [4.69, 9.17) is 9.15 Å². The molecule has 176 valence electrons. The number of aryl methyl sites for hydroxylation is 1. The van der Waals surface area contributed by atoms with E-state index in [1.54, 1.807) is 29.2 Å². The molecular formula is C24H21F2N3O5. The van der Waals surface area contributed by atoms with Crippen LogP contribution in [0.3, 0.4) is 0 Å². The number of anilines is 2. The predicted molar refractivity (Wildman–Crippen MR) is 118 cm³/mol. The molecule has 1 N–H and O–H groups in total. The number of halogens is 2. The Bertz CT molecular complexity index is 1210. The number of nitrogens with one attached hydrogen (secondary N) is 1. The van der Waals surface area contributed by atoms with Crippen molar-refractivity contribution in [2.75, 3.05) is 23.4 Å². The number of para-hydroxylation sites is 2. The lowest BCUT2D eigenvalue weighted by molar-refractivity contribution is -0.147. The Hall–Kier alpha value is -4.08. The summed E-state index contributed by atoms with van der Waals surface area (Å²) < 4.78 is 38.1. The van der Waals surface area contributed by atoms with E-state index in [1.807, 2.05) is 0 Å².